The van der Waals surface area contributed by atoms with E-state index in [9.17, 15) is 5.11 Å². The Hall–Kier alpha value is -0.190. The Balaban J connectivity index is 2.06. The standard InChI is InChI=1S/C16H24BrNOS/c1-3-15(14-9-11(17)7-8-16(14)19)18-12-5-4-6-13(10-12)20-2/h7-9,12-13,15,18-19H,3-6,10H2,1-2H3. The molecule has 112 valence electrons. The van der Waals surface area contributed by atoms with Crippen molar-refractivity contribution in [1.82, 2.24) is 5.32 Å². The van der Waals surface area contributed by atoms with Gasteiger partial charge in [-0.2, -0.15) is 11.8 Å². The third-order valence-electron chi connectivity index (χ3n) is 4.17. The Bertz CT molecular complexity index is 440. The predicted octanol–water partition coefficient (Wildman–Crippen LogP) is 4.87. The summed E-state index contributed by atoms with van der Waals surface area (Å²) in [4.78, 5) is 0. The second kappa shape index (κ2) is 7.71. The maximum Gasteiger partial charge on any atom is 0.120 e. The Morgan fingerprint density at radius 3 is 2.95 bits per heavy atom. The van der Waals surface area contributed by atoms with E-state index in [1.165, 1.54) is 25.7 Å². The predicted molar refractivity (Wildman–Crippen MR) is 91.5 cm³/mol. The second-order valence-corrected chi connectivity index (χ2v) is 7.61. The number of benzene rings is 1. The lowest BCUT2D eigenvalue weighted by Gasteiger charge is -2.32. The van der Waals surface area contributed by atoms with E-state index in [0.717, 1.165) is 21.7 Å². The summed E-state index contributed by atoms with van der Waals surface area (Å²) in [5, 5.41) is 14.6. The van der Waals surface area contributed by atoms with Gasteiger partial charge in [-0.3, -0.25) is 0 Å². The molecule has 2 rings (SSSR count). The molecule has 1 saturated carbocycles. The molecule has 0 bridgehead atoms. The smallest absolute Gasteiger partial charge is 0.120 e. The van der Waals surface area contributed by atoms with Crippen molar-refractivity contribution in [2.75, 3.05) is 6.26 Å². The van der Waals surface area contributed by atoms with E-state index in [1.807, 2.05) is 23.9 Å². The molecule has 1 aliphatic rings. The fourth-order valence-electron chi connectivity index (χ4n) is 3.03. The minimum absolute atomic E-state index is 0.234. The number of hydrogen-bond donors (Lipinski definition) is 2. The highest BCUT2D eigenvalue weighted by atomic mass is 79.9. The van der Waals surface area contributed by atoms with Crippen molar-refractivity contribution in [1.29, 1.82) is 0 Å². The first-order chi connectivity index (χ1) is 9.63. The fraction of sp³-hybridized carbons (Fsp3) is 0.625. The van der Waals surface area contributed by atoms with Crippen molar-refractivity contribution < 1.29 is 5.11 Å². The molecule has 4 heteroatoms. The molecule has 3 unspecified atom stereocenters. The second-order valence-electron chi connectivity index (χ2n) is 5.55. The first-order valence-electron chi connectivity index (χ1n) is 7.41. The molecule has 0 aliphatic heterocycles. The van der Waals surface area contributed by atoms with Crippen LogP contribution < -0.4 is 5.32 Å². The molecule has 0 amide bonds. The maximum absolute atomic E-state index is 10.1. The average molecular weight is 358 g/mol. The Labute approximate surface area is 134 Å². The quantitative estimate of drug-likeness (QED) is 0.788. The van der Waals surface area contributed by atoms with Crippen LogP contribution in [0.1, 0.15) is 50.6 Å². The van der Waals surface area contributed by atoms with Gasteiger partial charge in [0.1, 0.15) is 5.75 Å². The lowest BCUT2D eigenvalue weighted by Crippen LogP contribution is -2.37. The number of hydrogen-bond acceptors (Lipinski definition) is 3. The van der Waals surface area contributed by atoms with Crippen molar-refractivity contribution in [2.45, 2.75) is 56.4 Å². The van der Waals surface area contributed by atoms with Gasteiger partial charge in [0, 0.05) is 27.4 Å². The molecule has 0 saturated heterocycles. The first-order valence-corrected chi connectivity index (χ1v) is 9.49. The summed E-state index contributed by atoms with van der Waals surface area (Å²) in [5.74, 6) is 0.393. The molecule has 3 atom stereocenters. The molecule has 1 aliphatic carbocycles. The third-order valence-corrected chi connectivity index (χ3v) is 5.76. The minimum atomic E-state index is 0.234. The highest BCUT2D eigenvalue weighted by Crippen LogP contribution is 2.32. The summed E-state index contributed by atoms with van der Waals surface area (Å²) < 4.78 is 1.02. The highest BCUT2D eigenvalue weighted by molar-refractivity contribution is 9.10. The van der Waals surface area contributed by atoms with E-state index >= 15 is 0 Å². The van der Waals surface area contributed by atoms with E-state index in [0.29, 0.717) is 11.8 Å². The Kier molecular flexibility index (Phi) is 6.24. The zero-order valence-corrected chi connectivity index (χ0v) is 14.6. The van der Waals surface area contributed by atoms with Crippen LogP contribution in [0, 0.1) is 0 Å². The molecule has 2 N–H and O–H groups in total. The van der Waals surface area contributed by atoms with Gasteiger partial charge < -0.3 is 10.4 Å². The number of thioether (sulfide) groups is 1. The van der Waals surface area contributed by atoms with Gasteiger partial charge in [-0.25, -0.2) is 0 Å². The van der Waals surface area contributed by atoms with Crippen LogP contribution in [0.25, 0.3) is 0 Å². The van der Waals surface area contributed by atoms with Gasteiger partial charge in [0.05, 0.1) is 0 Å². The summed E-state index contributed by atoms with van der Waals surface area (Å²) in [6.45, 7) is 2.17. The number of nitrogens with one attached hydrogen (secondary N) is 1. The summed E-state index contributed by atoms with van der Waals surface area (Å²) >= 11 is 5.49. The van der Waals surface area contributed by atoms with Crippen molar-refractivity contribution in [3.8, 4) is 5.75 Å². The van der Waals surface area contributed by atoms with Gasteiger partial charge in [0.2, 0.25) is 0 Å². The van der Waals surface area contributed by atoms with Crippen LogP contribution in [0.3, 0.4) is 0 Å². The van der Waals surface area contributed by atoms with Crippen LogP contribution in [0.15, 0.2) is 22.7 Å². The zero-order chi connectivity index (χ0) is 14.5. The third kappa shape index (κ3) is 4.15. The summed E-state index contributed by atoms with van der Waals surface area (Å²) in [6.07, 6.45) is 8.35. The van der Waals surface area contributed by atoms with Gasteiger partial charge in [-0.15, -0.1) is 0 Å². The fourth-order valence-corrected chi connectivity index (χ4v) is 4.23. The number of halogens is 1. The molecule has 1 aromatic carbocycles. The van der Waals surface area contributed by atoms with E-state index in [2.05, 4.69) is 34.4 Å². The number of phenolic OH excluding ortho intramolecular Hbond substituents is 1. The van der Waals surface area contributed by atoms with Crippen molar-refractivity contribution in [2.24, 2.45) is 0 Å². The number of rotatable bonds is 5. The molecule has 0 radical (unpaired) electrons. The van der Waals surface area contributed by atoms with E-state index in [-0.39, 0.29) is 6.04 Å². The van der Waals surface area contributed by atoms with E-state index in [1.54, 1.807) is 6.07 Å². The van der Waals surface area contributed by atoms with Crippen LogP contribution in [0.4, 0.5) is 0 Å². The van der Waals surface area contributed by atoms with Gasteiger partial charge in [0.25, 0.3) is 0 Å². The summed E-state index contributed by atoms with van der Waals surface area (Å²) in [6, 6.07) is 6.50. The SMILES string of the molecule is CCC(NC1CCCC(SC)C1)c1cc(Br)ccc1O. The van der Waals surface area contributed by atoms with E-state index < -0.39 is 0 Å². The topological polar surface area (TPSA) is 32.3 Å². The summed E-state index contributed by atoms with van der Waals surface area (Å²) in [5.41, 5.74) is 1.01. The van der Waals surface area contributed by atoms with Crippen molar-refractivity contribution in [3.63, 3.8) is 0 Å². The molecule has 0 aromatic heterocycles. The Morgan fingerprint density at radius 2 is 2.25 bits per heavy atom. The molecular formula is C16H24BrNOS. The lowest BCUT2D eigenvalue weighted by atomic mass is 9.93. The van der Waals surface area contributed by atoms with Crippen molar-refractivity contribution in [3.05, 3.63) is 28.2 Å². The summed E-state index contributed by atoms with van der Waals surface area (Å²) in [7, 11) is 0. The molecule has 1 fully saturated rings. The maximum atomic E-state index is 10.1. The minimum Gasteiger partial charge on any atom is -0.508 e. The normalized spacial score (nSPS) is 24.6. The largest absolute Gasteiger partial charge is 0.508 e. The van der Waals surface area contributed by atoms with Gasteiger partial charge >= 0.3 is 0 Å². The van der Waals surface area contributed by atoms with Crippen LogP contribution in [0.5, 0.6) is 5.75 Å². The monoisotopic (exact) mass is 357 g/mol. The number of phenols is 1. The number of aromatic hydroxyl groups is 1. The first kappa shape index (κ1) is 16.2. The van der Waals surface area contributed by atoms with Crippen LogP contribution >= 0.6 is 27.7 Å². The van der Waals surface area contributed by atoms with Crippen molar-refractivity contribution >= 4 is 27.7 Å². The zero-order valence-electron chi connectivity index (χ0n) is 12.2. The van der Waals surface area contributed by atoms with Crippen LogP contribution in [-0.4, -0.2) is 22.7 Å². The Morgan fingerprint density at radius 1 is 1.45 bits per heavy atom. The van der Waals surface area contributed by atoms with Gasteiger partial charge in [-0.1, -0.05) is 29.3 Å². The average Bonchev–Trinajstić information content (AvgIpc) is 2.47. The van der Waals surface area contributed by atoms with Gasteiger partial charge in [0.15, 0.2) is 0 Å². The molecule has 0 heterocycles. The molecule has 2 nitrogen and oxygen atoms in total. The molecule has 0 spiro atoms. The lowest BCUT2D eigenvalue weighted by molar-refractivity contribution is 0.334. The highest BCUT2D eigenvalue weighted by Gasteiger charge is 2.24. The molecular weight excluding hydrogens is 334 g/mol. The molecule has 20 heavy (non-hydrogen) atoms. The van der Waals surface area contributed by atoms with Crippen LogP contribution in [0.2, 0.25) is 0 Å². The molecule has 1 aromatic rings. The van der Waals surface area contributed by atoms with Gasteiger partial charge in [-0.05, 0) is 50.1 Å². The van der Waals surface area contributed by atoms with Crippen LogP contribution in [-0.2, 0) is 0 Å². The van der Waals surface area contributed by atoms with E-state index in [4.69, 9.17) is 0 Å².